The monoisotopic (exact) mass is 364 g/mol. The number of rotatable bonds is 4. The maximum absolute atomic E-state index is 11.9. The smallest absolute Gasteiger partial charge is 0.250 e. The normalized spacial score (nSPS) is 15.9. The van der Waals surface area contributed by atoms with Gasteiger partial charge in [0.05, 0.1) is 17.9 Å². The number of pyridine rings is 1. The molecule has 0 atom stereocenters. The third-order valence-electron chi connectivity index (χ3n) is 5.16. The lowest BCUT2D eigenvalue weighted by molar-refractivity contribution is -0.112. The van der Waals surface area contributed by atoms with Crippen LogP contribution in [0.1, 0.15) is 25.8 Å². The quantitative estimate of drug-likeness (QED) is 0.697. The number of hydrogen-bond donors (Lipinski definition) is 2. The maximum atomic E-state index is 11.9. The summed E-state index contributed by atoms with van der Waals surface area (Å²) in [5, 5.41) is 8.32. The zero-order valence-corrected chi connectivity index (χ0v) is 15.7. The minimum Gasteiger partial charge on any atom is -0.344 e. The Labute approximate surface area is 158 Å². The molecule has 1 aliphatic rings. The summed E-state index contributed by atoms with van der Waals surface area (Å²) >= 11 is 0. The lowest BCUT2D eigenvalue weighted by Crippen LogP contribution is -2.31. The highest BCUT2D eigenvalue weighted by Gasteiger charge is 2.19. The van der Waals surface area contributed by atoms with E-state index in [4.69, 9.17) is 0 Å². The third-order valence-corrected chi connectivity index (χ3v) is 5.16. The number of H-pyrrole nitrogens is 1. The van der Waals surface area contributed by atoms with Crippen LogP contribution < -0.4 is 5.32 Å². The molecular weight excluding hydrogens is 340 g/mol. The van der Waals surface area contributed by atoms with E-state index in [2.05, 4.69) is 49.8 Å². The molecule has 7 heteroatoms. The van der Waals surface area contributed by atoms with Crippen LogP contribution in [0.15, 0.2) is 43.0 Å². The van der Waals surface area contributed by atoms with Gasteiger partial charge in [-0.15, -0.1) is 0 Å². The molecule has 1 fully saturated rings. The molecule has 0 bridgehead atoms. The van der Waals surface area contributed by atoms with Crippen molar-refractivity contribution in [3.8, 4) is 11.1 Å². The van der Waals surface area contributed by atoms with Crippen LogP contribution >= 0.6 is 0 Å². The number of nitrogens with zero attached hydrogens (tertiary/aromatic N) is 4. The standard InChI is InChI=1S/C20H24N6O/c1-13(2)20(27)24-18-11-22-19-17(18)8-14(9-21-19)15-10-23-26(12-15)16-4-6-25(3)7-5-16/h8-12,16H,1,4-7H2,2-3H3,(H,21,22)(H,24,27). The fraction of sp³-hybridized carbons (Fsp3) is 0.350. The maximum Gasteiger partial charge on any atom is 0.250 e. The zero-order valence-electron chi connectivity index (χ0n) is 15.7. The van der Waals surface area contributed by atoms with Gasteiger partial charge in [-0.1, -0.05) is 6.58 Å². The number of hydrogen-bond acceptors (Lipinski definition) is 4. The Morgan fingerprint density at radius 2 is 2.07 bits per heavy atom. The lowest BCUT2D eigenvalue weighted by atomic mass is 10.1. The molecule has 0 saturated carbocycles. The summed E-state index contributed by atoms with van der Waals surface area (Å²) in [6.07, 6.45) is 9.80. The molecule has 0 aromatic carbocycles. The summed E-state index contributed by atoms with van der Waals surface area (Å²) in [5.74, 6) is -0.198. The highest BCUT2D eigenvalue weighted by Crippen LogP contribution is 2.29. The molecule has 2 N–H and O–H groups in total. The topological polar surface area (TPSA) is 78.8 Å². The fourth-order valence-corrected chi connectivity index (χ4v) is 3.44. The molecule has 0 unspecified atom stereocenters. The zero-order chi connectivity index (χ0) is 19.0. The van der Waals surface area contributed by atoms with E-state index in [1.807, 2.05) is 18.5 Å². The molecule has 1 amide bonds. The summed E-state index contributed by atoms with van der Waals surface area (Å²) < 4.78 is 2.08. The molecule has 0 radical (unpaired) electrons. The second-order valence-electron chi connectivity index (χ2n) is 7.30. The van der Waals surface area contributed by atoms with E-state index >= 15 is 0 Å². The average Bonchev–Trinajstić information content (AvgIpc) is 3.29. The Bertz CT molecular complexity index is 993. The molecule has 140 valence electrons. The fourth-order valence-electron chi connectivity index (χ4n) is 3.44. The van der Waals surface area contributed by atoms with Gasteiger partial charge in [0, 0.05) is 40.7 Å². The van der Waals surface area contributed by atoms with Crippen LogP contribution in [0.2, 0.25) is 0 Å². The van der Waals surface area contributed by atoms with Gasteiger partial charge in [-0.3, -0.25) is 9.48 Å². The van der Waals surface area contributed by atoms with Crippen molar-refractivity contribution in [3.63, 3.8) is 0 Å². The van der Waals surface area contributed by atoms with E-state index < -0.39 is 0 Å². The molecule has 4 rings (SSSR count). The molecule has 1 saturated heterocycles. The average molecular weight is 364 g/mol. The van der Waals surface area contributed by atoms with E-state index in [-0.39, 0.29) is 5.91 Å². The first-order chi connectivity index (χ1) is 13.0. The highest BCUT2D eigenvalue weighted by molar-refractivity contribution is 6.08. The Morgan fingerprint density at radius 3 is 2.81 bits per heavy atom. The van der Waals surface area contributed by atoms with Crippen LogP contribution in [-0.2, 0) is 4.79 Å². The predicted molar refractivity (Wildman–Crippen MR) is 107 cm³/mol. The molecular formula is C20H24N6O. The first kappa shape index (κ1) is 17.5. The van der Waals surface area contributed by atoms with Gasteiger partial charge in [0.2, 0.25) is 0 Å². The molecule has 0 aliphatic carbocycles. The van der Waals surface area contributed by atoms with Crippen molar-refractivity contribution in [2.24, 2.45) is 0 Å². The summed E-state index contributed by atoms with van der Waals surface area (Å²) in [7, 11) is 2.16. The number of carbonyl (C=O) groups is 1. The minimum absolute atomic E-state index is 0.198. The van der Waals surface area contributed by atoms with Crippen molar-refractivity contribution < 1.29 is 4.79 Å². The predicted octanol–water partition coefficient (Wildman–Crippen LogP) is 3.21. The second kappa shape index (κ2) is 7.00. The van der Waals surface area contributed by atoms with Crippen molar-refractivity contribution >= 4 is 22.6 Å². The van der Waals surface area contributed by atoms with Crippen LogP contribution in [0, 0.1) is 0 Å². The minimum atomic E-state index is -0.198. The summed E-state index contributed by atoms with van der Waals surface area (Å²) in [5.41, 5.74) is 3.91. The van der Waals surface area contributed by atoms with Gasteiger partial charge in [0.25, 0.3) is 5.91 Å². The third kappa shape index (κ3) is 3.50. The van der Waals surface area contributed by atoms with Crippen LogP contribution in [0.25, 0.3) is 22.2 Å². The molecule has 27 heavy (non-hydrogen) atoms. The van der Waals surface area contributed by atoms with E-state index in [1.165, 1.54) is 0 Å². The van der Waals surface area contributed by atoms with Crippen LogP contribution in [0.3, 0.4) is 0 Å². The second-order valence-corrected chi connectivity index (χ2v) is 7.30. The molecule has 7 nitrogen and oxygen atoms in total. The molecule has 4 heterocycles. The molecule has 3 aromatic rings. The first-order valence-corrected chi connectivity index (χ1v) is 9.18. The van der Waals surface area contributed by atoms with Gasteiger partial charge < -0.3 is 15.2 Å². The number of aromatic nitrogens is 4. The van der Waals surface area contributed by atoms with Crippen LogP contribution in [0.4, 0.5) is 5.69 Å². The molecule has 3 aromatic heterocycles. The number of amides is 1. The number of anilines is 1. The SMILES string of the molecule is C=C(C)C(=O)Nc1c[nH]c2ncc(-c3cnn(C4CCN(C)CC4)c3)cc12. The van der Waals surface area contributed by atoms with Gasteiger partial charge >= 0.3 is 0 Å². The van der Waals surface area contributed by atoms with Crippen molar-refractivity contribution in [3.05, 3.63) is 43.0 Å². The summed E-state index contributed by atoms with van der Waals surface area (Å²) in [6.45, 7) is 7.57. The van der Waals surface area contributed by atoms with Crippen molar-refractivity contribution in [1.29, 1.82) is 0 Å². The van der Waals surface area contributed by atoms with E-state index in [1.54, 1.807) is 13.1 Å². The number of aromatic amines is 1. The van der Waals surface area contributed by atoms with Crippen LogP contribution in [0.5, 0.6) is 0 Å². The van der Waals surface area contributed by atoms with E-state index in [0.717, 1.165) is 48.1 Å². The summed E-state index contributed by atoms with van der Waals surface area (Å²) in [4.78, 5) is 21.9. The highest BCUT2D eigenvalue weighted by atomic mass is 16.1. The lowest BCUT2D eigenvalue weighted by Gasteiger charge is -2.28. The number of fused-ring (bicyclic) bond motifs is 1. The van der Waals surface area contributed by atoms with Crippen molar-refractivity contribution in [2.45, 2.75) is 25.8 Å². The van der Waals surface area contributed by atoms with Gasteiger partial charge in [-0.2, -0.15) is 5.10 Å². The van der Waals surface area contributed by atoms with E-state index in [0.29, 0.717) is 17.3 Å². The molecule has 0 spiro atoms. The Hall–Kier alpha value is -2.93. The number of likely N-dealkylation sites (tertiary alicyclic amines) is 1. The van der Waals surface area contributed by atoms with Gasteiger partial charge in [0.1, 0.15) is 5.65 Å². The largest absolute Gasteiger partial charge is 0.344 e. The summed E-state index contributed by atoms with van der Waals surface area (Å²) in [6, 6.07) is 2.48. The molecule has 1 aliphatic heterocycles. The van der Waals surface area contributed by atoms with E-state index in [9.17, 15) is 4.79 Å². The number of nitrogens with one attached hydrogen (secondary N) is 2. The van der Waals surface area contributed by atoms with Crippen LogP contribution in [-0.4, -0.2) is 50.7 Å². The Morgan fingerprint density at radius 1 is 1.30 bits per heavy atom. The van der Waals surface area contributed by atoms with Crippen molar-refractivity contribution in [1.82, 2.24) is 24.6 Å². The van der Waals surface area contributed by atoms with Crippen molar-refractivity contribution in [2.75, 3.05) is 25.5 Å². The van der Waals surface area contributed by atoms with Gasteiger partial charge in [-0.25, -0.2) is 4.98 Å². The van der Waals surface area contributed by atoms with Gasteiger partial charge in [0.15, 0.2) is 0 Å². The Kier molecular flexibility index (Phi) is 4.53. The number of carbonyl (C=O) groups excluding carboxylic acids is 1. The number of piperidine rings is 1. The van der Waals surface area contributed by atoms with Gasteiger partial charge in [-0.05, 0) is 46.0 Å². The Balaban J connectivity index is 1.60. The first-order valence-electron chi connectivity index (χ1n) is 9.18.